The molecule has 1 atom stereocenters. The van der Waals surface area contributed by atoms with E-state index in [9.17, 15) is 15.2 Å². The first kappa shape index (κ1) is 14.5. The zero-order valence-electron chi connectivity index (χ0n) is 10.6. The monoisotopic (exact) mass is 337 g/mol. The summed E-state index contributed by atoms with van der Waals surface area (Å²) < 4.78 is 5.95. The van der Waals surface area contributed by atoms with E-state index in [4.69, 9.17) is 4.74 Å². The second kappa shape index (κ2) is 6.02. The standard InChI is InChI=1S/C14H12BrNO4/c1-9(17)10-5-2-3-7-12(10)20-13-8-4-6-11(14(13)15)16(18)19/h2-9,17H,1H3/t9-/m1/s1. The van der Waals surface area contributed by atoms with Gasteiger partial charge in [-0.15, -0.1) is 0 Å². The van der Waals surface area contributed by atoms with Gasteiger partial charge >= 0.3 is 0 Å². The molecule has 1 N–H and O–H groups in total. The molecular weight excluding hydrogens is 326 g/mol. The number of rotatable bonds is 4. The van der Waals surface area contributed by atoms with E-state index in [2.05, 4.69) is 15.9 Å². The van der Waals surface area contributed by atoms with Crippen molar-refractivity contribution in [1.29, 1.82) is 0 Å². The van der Waals surface area contributed by atoms with Crippen molar-refractivity contribution >= 4 is 21.6 Å². The molecule has 0 unspecified atom stereocenters. The van der Waals surface area contributed by atoms with Crippen LogP contribution in [-0.4, -0.2) is 10.0 Å². The van der Waals surface area contributed by atoms with Gasteiger partial charge in [0, 0.05) is 11.6 Å². The lowest BCUT2D eigenvalue weighted by Crippen LogP contribution is -1.97. The molecule has 0 heterocycles. The number of hydrogen-bond acceptors (Lipinski definition) is 4. The number of nitro benzene ring substituents is 1. The number of aliphatic hydroxyl groups is 1. The summed E-state index contributed by atoms with van der Waals surface area (Å²) in [4.78, 5) is 10.4. The van der Waals surface area contributed by atoms with Gasteiger partial charge in [0.1, 0.15) is 16.0 Å². The molecule has 5 nitrogen and oxygen atoms in total. The molecule has 0 spiro atoms. The van der Waals surface area contributed by atoms with Crippen LogP contribution >= 0.6 is 15.9 Å². The van der Waals surface area contributed by atoms with Crippen molar-refractivity contribution in [2.24, 2.45) is 0 Å². The Labute approximate surface area is 124 Å². The van der Waals surface area contributed by atoms with E-state index in [1.54, 1.807) is 43.3 Å². The molecule has 0 aliphatic heterocycles. The molecule has 0 aromatic heterocycles. The van der Waals surface area contributed by atoms with Crippen LogP contribution in [0.2, 0.25) is 0 Å². The van der Waals surface area contributed by atoms with Crippen molar-refractivity contribution in [3.63, 3.8) is 0 Å². The van der Waals surface area contributed by atoms with Gasteiger partial charge in [-0.05, 0) is 35.0 Å². The second-order valence-electron chi connectivity index (χ2n) is 4.16. The smallest absolute Gasteiger partial charge is 0.287 e. The van der Waals surface area contributed by atoms with Crippen LogP contribution in [0.15, 0.2) is 46.9 Å². The lowest BCUT2D eigenvalue weighted by molar-refractivity contribution is -0.385. The minimum atomic E-state index is -0.691. The topological polar surface area (TPSA) is 72.6 Å². The van der Waals surface area contributed by atoms with Crippen molar-refractivity contribution in [3.8, 4) is 11.5 Å². The summed E-state index contributed by atoms with van der Waals surface area (Å²) in [5.41, 5.74) is 0.544. The Morgan fingerprint density at radius 2 is 1.85 bits per heavy atom. The second-order valence-corrected chi connectivity index (χ2v) is 4.96. The minimum Gasteiger partial charge on any atom is -0.456 e. The van der Waals surface area contributed by atoms with Gasteiger partial charge in [0.15, 0.2) is 0 Å². The Morgan fingerprint density at radius 1 is 1.20 bits per heavy atom. The molecule has 0 amide bonds. The Balaban J connectivity index is 2.41. The highest BCUT2D eigenvalue weighted by atomic mass is 79.9. The highest BCUT2D eigenvalue weighted by Gasteiger charge is 2.17. The third-order valence-electron chi connectivity index (χ3n) is 2.73. The summed E-state index contributed by atoms with van der Waals surface area (Å²) >= 11 is 3.17. The number of halogens is 1. The summed E-state index contributed by atoms with van der Waals surface area (Å²) in [5, 5.41) is 20.6. The molecule has 0 saturated carbocycles. The van der Waals surface area contributed by atoms with Crippen LogP contribution < -0.4 is 4.74 Å². The van der Waals surface area contributed by atoms with Crippen LogP contribution in [0.1, 0.15) is 18.6 Å². The largest absolute Gasteiger partial charge is 0.456 e. The molecular formula is C14H12BrNO4. The highest BCUT2D eigenvalue weighted by molar-refractivity contribution is 9.10. The van der Waals surface area contributed by atoms with E-state index in [1.807, 2.05) is 0 Å². The van der Waals surface area contributed by atoms with Gasteiger partial charge in [0.2, 0.25) is 0 Å². The quantitative estimate of drug-likeness (QED) is 0.670. The van der Waals surface area contributed by atoms with Gasteiger partial charge in [-0.25, -0.2) is 0 Å². The SMILES string of the molecule is C[C@@H](O)c1ccccc1Oc1cccc([N+](=O)[O-])c1Br. The van der Waals surface area contributed by atoms with E-state index in [0.717, 1.165) is 0 Å². The number of para-hydroxylation sites is 1. The summed E-state index contributed by atoms with van der Waals surface area (Å²) in [6.45, 7) is 1.63. The van der Waals surface area contributed by atoms with Crippen LogP contribution in [0.4, 0.5) is 5.69 Å². The zero-order chi connectivity index (χ0) is 14.7. The minimum absolute atomic E-state index is 0.0722. The number of nitrogens with zero attached hydrogens (tertiary/aromatic N) is 1. The van der Waals surface area contributed by atoms with Gasteiger partial charge in [-0.3, -0.25) is 10.1 Å². The Morgan fingerprint density at radius 3 is 2.50 bits per heavy atom. The molecule has 0 radical (unpaired) electrons. The van der Waals surface area contributed by atoms with Crippen LogP contribution in [-0.2, 0) is 0 Å². The van der Waals surface area contributed by atoms with Gasteiger partial charge < -0.3 is 9.84 Å². The first-order chi connectivity index (χ1) is 9.50. The van der Waals surface area contributed by atoms with E-state index < -0.39 is 11.0 Å². The lowest BCUT2D eigenvalue weighted by atomic mass is 10.1. The Bertz CT molecular complexity index is 643. The number of nitro groups is 1. The van der Waals surface area contributed by atoms with Gasteiger partial charge in [-0.2, -0.15) is 0 Å². The molecule has 0 aliphatic rings. The first-order valence-electron chi connectivity index (χ1n) is 5.88. The Kier molecular flexibility index (Phi) is 4.36. The maximum atomic E-state index is 10.9. The van der Waals surface area contributed by atoms with E-state index in [-0.39, 0.29) is 10.2 Å². The average Bonchev–Trinajstić information content (AvgIpc) is 2.41. The van der Waals surface area contributed by atoms with Crippen LogP contribution in [0, 0.1) is 10.1 Å². The molecule has 20 heavy (non-hydrogen) atoms. The number of aliphatic hydroxyl groups excluding tert-OH is 1. The predicted molar refractivity (Wildman–Crippen MR) is 77.9 cm³/mol. The first-order valence-corrected chi connectivity index (χ1v) is 6.67. The molecule has 0 saturated heterocycles. The van der Waals surface area contributed by atoms with E-state index in [1.165, 1.54) is 6.07 Å². The lowest BCUT2D eigenvalue weighted by Gasteiger charge is -2.13. The fraction of sp³-hybridized carbons (Fsp3) is 0.143. The highest BCUT2D eigenvalue weighted by Crippen LogP contribution is 2.38. The summed E-state index contributed by atoms with van der Waals surface area (Å²) in [5.74, 6) is 0.788. The van der Waals surface area contributed by atoms with Crippen molar-refractivity contribution < 1.29 is 14.8 Å². The summed E-state index contributed by atoms with van der Waals surface area (Å²) in [6, 6.07) is 11.6. The zero-order valence-corrected chi connectivity index (χ0v) is 12.2. The van der Waals surface area contributed by atoms with Crippen LogP contribution in [0.25, 0.3) is 0 Å². The van der Waals surface area contributed by atoms with Gasteiger partial charge in [-0.1, -0.05) is 24.3 Å². The van der Waals surface area contributed by atoms with Crippen molar-refractivity contribution in [3.05, 3.63) is 62.6 Å². The summed E-state index contributed by atoms with van der Waals surface area (Å²) in [7, 11) is 0. The molecule has 0 aliphatic carbocycles. The molecule has 2 aromatic rings. The van der Waals surface area contributed by atoms with Crippen molar-refractivity contribution in [1.82, 2.24) is 0 Å². The molecule has 2 aromatic carbocycles. The number of benzene rings is 2. The van der Waals surface area contributed by atoms with Gasteiger partial charge in [0.25, 0.3) is 5.69 Å². The van der Waals surface area contributed by atoms with Gasteiger partial charge in [0.05, 0.1) is 11.0 Å². The molecule has 104 valence electrons. The van der Waals surface area contributed by atoms with Crippen LogP contribution in [0.5, 0.6) is 11.5 Å². The molecule has 0 bridgehead atoms. The predicted octanol–water partition coefficient (Wildman–Crippen LogP) is 4.20. The maximum absolute atomic E-state index is 10.9. The third-order valence-corrected chi connectivity index (χ3v) is 3.53. The molecule has 2 rings (SSSR count). The number of ether oxygens (including phenoxy) is 1. The third kappa shape index (κ3) is 2.97. The Hall–Kier alpha value is -1.92. The normalized spacial score (nSPS) is 11.9. The van der Waals surface area contributed by atoms with E-state index >= 15 is 0 Å². The molecule has 6 heteroatoms. The van der Waals surface area contributed by atoms with Crippen molar-refractivity contribution in [2.45, 2.75) is 13.0 Å². The van der Waals surface area contributed by atoms with Crippen LogP contribution in [0.3, 0.4) is 0 Å². The molecule has 0 fully saturated rings. The fourth-order valence-electron chi connectivity index (χ4n) is 1.76. The average molecular weight is 338 g/mol. The van der Waals surface area contributed by atoms with Crippen molar-refractivity contribution in [2.75, 3.05) is 0 Å². The number of hydrogen-bond donors (Lipinski definition) is 1. The summed E-state index contributed by atoms with van der Waals surface area (Å²) in [6.07, 6.45) is -0.691. The maximum Gasteiger partial charge on any atom is 0.287 e. The fourth-order valence-corrected chi connectivity index (χ4v) is 2.25. The van der Waals surface area contributed by atoms with E-state index in [0.29, 0.717) is 17.1 Å².